The molecule has 1 aliphatic rings. The molecule has 64 valence electrons. The topological polar surface area (TPSA) is 78.5 Å². The fourth-order valence-corrected chi connectivity index (χ4v) is 1.17. The van der Waals surface area contributed by atoms with Gasteiger partial charge in [0, 0.05) is 18.7 Å². The van der Waals surface area contributed by atoms with E-state index in [4.69, 9.17) is 5.73 Å². The van der Waals surface area contributed by atoms with E-state index < -0.39 is 12.2 Å². The number of hydrogen-bond acceptors (Lipinski definition) is 4. The fourth-order valence-electron chi connectivity index (χ4n) is 1.17. The van der Waals surface area contributed by atoms with Crippen molar-refractivity contribution in [1.29, 1.82) is 0 Å². The van der Waals surface area contributed by atoms with E-state index in [9.17, 15) is 10.2 Å². The molecule has 0 aromatic carbocycles. The van der Waals surface area contributed by atoms with Crippen LogP contribution < -0.4 is 11.1 Å². The molecule has 0 aromatic heterocycles. The highest BCUT2D eigenvalue weighted by Gasteiger charge is 2.27. The second-order valence-electron chi connectivity index (χ2n) is 2.87. The average molecular weight is 158 g/mol. The molecule has 0 aromatic rings. The third-order valence-corrected chi connectivity index (χ3v) is 1.97. The number of hydrogen-bond donors (Lipinski definition) is 4. The van der Waals surface area contributed by atoms with E-state index in [2.05, 4.69) is 5.32 Å². The molecule has 1 aliphatic heterocycles. The molecule has 5 N–H and O–H groups in total. The zero-order chi connectivity index (χ0) is 8.43. The quantitative estimate of drug-likeness (QED) is 0.360. The summed E-state index contributed by atoms with van der Waals surface area (Å²) in [5.74, 6) is 0. The van der Waals surface area contributed by atoms with E-state index in [0.29, 0.717) is 12.1 Å². The minimum atomic E-state index is -0.647. The van der Waals surface area contributed by atoms with Crippen molar-refractivity contribution >= 4 is 0 Å². The minimum absolute atomic E-state index is 0.0341. The molecule has 0 saturated carbocycles. The first-order chi connectivity index (χ1) is 5.15. The van der Waals surface area contributed by atoms with Crippen LogP contribution in [-0.4, -0.2) is 28.5 Å². The molecule has 0 bridgehead atoms. The van der Waals surface area contributed by atoms with Crippen LogP contribution in [0.1, 0.15) is 13.3 Å². The van der Waals surface area contributed by atoms with Crippen LogP contribution in [0, 0.1) is 0 Å². The Hall–Kier alpha value is -0.740. The number of nitrogens with two attached hydrogens (primary N) is 1. The highest BCUT2D eigenvalue weighted by atomic mass is 16.3. The average Bonchev–Trinajstić information content (AvgIpc) is 1.97. The van der Waals surface area contributed by atoms with Crippen LogP contribution in [0.15, 0.2) is 11.9 Å². The van der Waals surface area contributed by atoms with Gasteiger partial charge < -0.3 is 21.3 Å². The van der Waals surface area contributed by atoms with Gasteiger partial charge in [0.2, 0.25) is 0 Å². The summed E-state index contributed by atoms with van der Waals surface area (Å²) in [7, 11) is 0. The minimum Gasteiger partial charge on any atom is -0.403 e. The zero-order valence-corrected chi connectivity index (χ0v) is 6.49. The van der Waals surface area contributed by atoms with Gasteiger partial charge in [-0.1, -0.05) is 0 Å². The Labute approximate surface area is 65.7 Å². The molecule has 4 nitrogen and oxygen atoms in total. The first kappa shape index (κ1) is 8.36. The molecular weight excluding hydrogens is 144 g/mol. The SMILES string of the molecule is C[C@@H]1N/C(=C\N)[C@@H](O)C[C@@H]1O. The van der Waals surface area contributed by atoms with E-state index in [-0.39, 0.29) is 6.04 Å². The highest BCUT2D eigenvalue weighted by Crippen LogP contribution is 2.15. The number of nitrogens with one attached hydrogen (secondary N) is 1. The van der Waals surface area contributed by atoms with E-state index in [1.807, 2.05) is 6.92 Å². The first-order valence-corrected chi connectivity index (χ1v) is 3.69. The van der Waals surface area contributed by atoms with E-state index >= 15 is 0 Å². The molecule has 1 fully saturated rings. The third-order valence-electron chi connectivity index (χ3n) is 1.97. The molecule has 3 atom stereocenters. The molecule has 4 heteroatoms. The smallest absolute Gasteiger partial charge is 0.0974 e. The van der Waals surface area contributed by atoms with E-state index in [1.165, 1.54) is 6.20 Å². The Kier molecular flexibility index (Phi) is 2.36. The van der Waals surface area contributed by atoms with E-state index in [0.717, 1.165) is 0 Å². The largest absolute Gasteiger partial charge is 0.403 e. The third kappa shape index (κ3) is 1.64. The Morgan fingerprint density at radius 3 is 2.82 bits per heavy atom. The summed E-state index contributed by atoms with van der Waals surface area (Å²) in [6.07, 6.45) is 0.560. The maximum atomic E-state index is 9.29. The van der Waals surface area contributed by atoms with Crippen molar-refractivity contribution in [1.82, 2.24) is 5.32 Å². The summed E-state index contributed by atoms with van der Waals surface area (Å²) in [5.41, 5.74) is 5.83. The van der Waals surface area contributed by atoms with Gasteiger partial charge in [-0.05, 0) is 6.92 Å². The number of aliphatic hydroxyl groups is 2. The van der Waals surface area contributed by atoms with Crippen LogP contribution in [0.3, 0.4) is 0 Å². The molecule has 1 rings (SSSR count). The lowest BCUT2D eigenvalue weighted by molar-refractivity contribution is 0.0485. The van der Waals surface area contributed by atoms with Crippen molar-refractivity contribution in [2.45, 2.75) is 31.6 Å². The first-order valence-electron chi connectivity index (χ1n) is 3.69. The monoisotopic (exact) mass is 158 g/mol. The van der Waals surface area contributed by atoms with Crippen LogP contribution in [0.2, 0.25) is 0 Å². The van der Waals surface area contributed by atoms with Crippen molar-refractivity contribution in [3.05, 3.63) is 11.9 Å². The lowest BCUT2D eigenvalue weighted by atomic mass is 9.98. The summed E-state index contributed by atoms with van der Waals surface area (Å²) in [6, 6.07) is -0.0341. The molecule has 0 aliphatic carbocycles. The second-order valence-corrected chi connectivity index (χ2v) is 2.87. The van der Waals surface area contributed by atoms with Gasteiger partial charge in [0.15, 0.2) is 0 Å². The Morgan fingerprint density at radius 2 is 2.27 bits per heavy atom. The van der Waals surface area contributed by atoms with Crippen molar-refractivity contribution in [3.8, 4) is 0 Å². The van der Waals surface area contributed by atoms with Gasteiger partial charge in [0.1, 0.15) is 0 Å². The molecule has 0 spiro atoms. The molecule has 1 heterocycles. The van der Waals surface area contributed by atoms with Crippen molar-refractivity contribution in [2.24, 2.45) is 5.73 Å². The van der Waals surface area contributed by atoms with Gasteiger partial charge in [-0.2, -0.15) is 0 Å². The normalized spacial score (nSPS) is 42.1. The van der Waals surface area contributed by atoms with Crippen molar-refractivity contribution in [3.63, 3.8) is 0 Å². The lowest BCUT2D eigenvalue weighted by Gasteiger charge is -2.32. The zero-order valence-electron chi connectivity index (χ0n) is 6.49. The van der Waals surface area contributed by atoms with Gasteiger partial charge in [-0.3, -0.25) is 0 Å². The molecule has 0 unspecified atom stereocenters. The van der Waals surface area contributed by atoms with Crippen LogP contribution in [0.25, 0.3) is 0 Å². The van der Waals surface area contributed by atoms with Crippen LogP contribution in [0.4, 0.5) is 0 Å². The summed E-state index contributed by atoms with van der Waals surface area (Å²) in [6.45, 7) is 1.85. The van der Waals surface area contributed by atoms with Gasteiger partial charge in [0.25, 0.3) is 0 Å². The summed E-state index contributed by atoms with van der Waals surface area (Å²) >= 11 is 0. The summed E-state index contributed by atoms with van der Waals surface area (Å²) in [4.78, 5) is 0. The van der Waals surface area contributed by atoms with Crippen LogP contribution in [0.5, 0.6) is 0 Å². The predicted octanol–water partition coefficient (Wildman–Crippen LogP) is -1.11. The van der Waals surface area contributed by atoms with Gasteiger partial charge in [0.05, 0.1) is 17.9 Å². The standard InChI is InChI=1S/C7H14N2O2/c1-4-6(10)2-7(11)5(3-8)9-4/h3-4,6-7,9-11H,2,8H2,1H3/b5-3-/t4-,6-,7-/m0/s1. The molecule has 11 heavy (non-hydrogen) atoms. The number of rotatable bonds is 0. The van der Waals surface area contributed by atoms with Gasteiger partial charge in [-0.25, -0.2) is 0 Å². The Morgan fingerprint density at radius 1 is 1.64 bits per heavy atom. The summed E-state index contributed by atoms with van der Waals surface area (Å²) in [5, 5.41) is 21.5. The molecule has 0 amide bonds. The maximum Gasteiger partial charge on any atom is 0.0974 e. The number of aliphatic hydroxyl groups excluding tert-OH is 2. The number of piperidine rings is 1. The lowest BCUT2D eigenvalue weighted by Crippen LogP contribution is -2.47. The highest BCUT2D eigenvalue weighted by molar-refractivity contribution is 5.10. The Balaban J connectivity index is 2.62. The van der Waals surface area contributed by atoms with Gasteiger partial charge >= 0.3 is 0 Å². The van der Waals surface area contributed by atoms with Crippen LogP contribution >= 0.6 is 0 Å². The van der Waals surface area contributed by atoms with Crippen molar-refractivity contribution < 1.29 is 10.2 Å². The molecule has 0 radical (unpaired) electrons. The Bertz CT molecular complexity index is 170. The molecular formula is C7H14N2O2. The maximum absolute atomic E-state index is 9.29. The molecule has 1 saturated heterocycles. The predicted molar refractivity (Wildman–Crippen MR) is 41.5 cm³/mol. The van der Waals surface area contributed by atoms with Crippen LogP contribution in [-0.2, 0) is 0 Å². The van der Waals surface area contributed by atoms with Crippen molar-refractivity contribution in [2.75, 3.05) is 0 Å². The second kappa shape index (κ2) is 3.11. The van der Waals surface area contributed by atoms with Gasteiger partial charge in [-0.15, -0.1) is 0 Å². The fraction of sp³-hybridized carbons (Fsp3) is 0.714. The summed E-state index contributed by atoms with van der Waals surface area (Å²) < 4.78 is 0. The van der Waals surface area contributed by atoms with E-state index in [1.54, 1.807) is 0 Å².